The lowest BCUT2D eigenvalue weighted by Gasteiger charge is -2.27. The van der Waals surface area contributed by atoms with Crippen molar-refractivity contribution >= 4 is 0 Å². The lowest BCUT2D eigenvalue weighted by molar-refractivity contribution is 0.251. The van der Waals surface area contributed by atoms with E-state index >= 15 is 0 Å². The average molecular weight is 177 g/mol. The fraction of sp³-hybridized carbons (Fsp3) is 0.600. The summed E-state index contributed by atoms with van der Waals surface area (Å²) in [6.07, 6.45) is 6.06. The van der Waals surface area contributed by atoms with Crippen LogP contribution < -0.4 is 0 Å². The van der Waals surface area contributed by atoms with Crippen LogP contribution in [0, 0.1) is 0 Å². The van der Waals surface area contributed by atoms with Crippen LogP contribution in [0.15, 0.2) is 18.5 Å². The van der Waals surface area contributed by atoms with Crippen LogP contribution in [-0.4, -0.2) is 35.0 Å². The highest BCUT2D eigenvalue weighted by atomic mass is 15.1. The van der Waals surface area contributed by atoms with Crippen molar-refractivity contribution in [1.82, 2.24) is 14.9 Å². The minimum atomic E-state index is 0.581. The number of hydrogen-bond donors (Lipinski definition) is 0. The summed E-state index contributed by atoms with van der Waals surface area (Å²) in [7, 11) is 2.17. The van der Waals surface area contributed by atoms with E-state index in [9.17, 15) is 0 Å². The molecule has 1 saturated heterocycles. The molecule has 0 saturated carbocycles. The van der Waals surface area contributed by atoms with Crippen LogP contribution in [0.1, 0.15) is 24.6 Å². The Morgan fingerprint density at radius 3 is 2.46 bits per heavy atom. The van der Waals surface area contributed by atoms with Gasteiger partial charge in [0.15, 0.2) is 0 Å². The lowest BCUT2D eigenvalue weighted by atomic mass is 9.96. The SMILES string of the molecule is CN1CCC(c2ncccn2)CC1. The van der Waals surface area contributed by atoms with Crippen LogP contribution in [0.25, 0.3) is 0 Å². The van der Waals surface area contributed by atoms with Gasteiger partial charge in [-0.2, -0.15) is 0 Å². The van der Waals surface area contributed by atoms with Gasteiger partial charge < -0.3 is 4.90 Å². The van der Waals surface area contributed by atoms with Crippen LogP contribution in [0.3, 0.4) is 0 Å². The highest BCUT2D eigenvalue weighted by Crippen LogP contribution is 2.23. The summed E-state index contributed by atoms with van der Waals surface area (Å²) < 4.78 is 0. The molecule has 70 valence electrons. The molecule has 0 radical (unpaired) electrons. The van der Waals surface area contributed by atoms with Crippen molar-refractivity contribution in [2.45, 2.75) is 18.8 Å². The predicted octanol–water partition coefficient (Wildman–Crippen LogP) is 1.29. The molecular formula is C10H15N3. The molecule has 1 aromatic heterocycles. The molecule has 0 unspecified atom stereocenters. The summed E-state index contributed by atoms with van der Waals surface area (Å²) in [5.41, 5.74) is 0. The van der Waals surface area contributed by atoms with E-state index in [1.54, 1.807) is 0 Å². The highest BCUT2D eigenvalue weighted by Gasteiger charge is 2.19. The van der Waals surface area contributed by atoms with Crippen molar-refractivity contribution in [1.29, 1.82) is 0 Å². The topological polar surface area (TPSA) is 29.0 Å². The molecule has 1 aromatic rings. The highest BCUT2D eigenvalue weighted by molar-refractivity contribution is 4.98. The molecule has 1 aliphatic rings. The van der Waals surface area contributed by atoms with E-state index in [-0.39, 0.29) is 0 Å². The molecule has 0 spiro atoms. The molecule has 3 nitrogen and oxygen atoms in total. The van der Waals surface area contributed by atoms with Crippen LogP contribution in [0.4, 0.5) is 0 Å². The molecular weight excluding hydrogens is 162 g/mol. The standard InChI is InChI=1S/C10H15N3/c1-13-7-3-9(4-8-13)10-11-5-2-6-12-10/h2,5-6,9H,3-4,7-8H2,1H3. The number of nitrogens with zero attached hydrogens (tertiary/aromatic N) is 3. The van der Waals surface area contributed by atoms with Gasteiger partial charge in [-0.15, -0.1) is 0 Å². The van der Waals surface area contributed by atoms with Gasteiger partial charge in [0.05, 0.1) is 0 Å². The largest absolute Gasteiger partial charge is 0.306 e. The van der Waals surface area contributed by atoms with Gasteiger partial charge in [-0.05, 0) is 39.0 Å². The Kier molecular flexibility index (Phi) is 2.54. The van der Waals surface area contributed by atoms with Crippen LogP contribution >= 0.6 is 0 Å². The Hall–Kier alpha value is -0.960. The maximum absolute atomic E-state index is 4.30. The Balaban J connectivity index is 2.03. The van der Waals surface area contributed by atoms with Crippen molar-refractivity contribution in [3.8, 4) is 0 Å². The number of rotatable bonds is 1. The van der Waals surface area contributed by atoms with Crippen molar-refractivity contribution in [3.05, 3.63) is 24.3 Å². The average Bonchev–Trinajstić information content (AvgIpc) is 2.20. The first kappa shape index (κ1) is 8.63. The molecule has 2 rings (SSSR count). The first-order valence-corrected chi connectivity index (χ1v) is 4.82. The molecule has 13 heavy (non-hydrogen) atoms. The summed E-state index contributed by atoms with van der Waals surface area (Å²) in [6.45, 7) is 2.34. The van der Waals surface area contributed by atoms with Gasteiger partial charge >= 0.3 is 0 Å². The molecule has 0 bridgehead atoms. The first-order valence-electron chi connectivity index (χ1n) is 4.82. The summed E-state index contributed by atoms with van der Waals surface area (Å²) in [6, 6.07) is 1.87. The Labute approximate surface area is 78.8 Å². The van der Waals surface area contributed by atoms with Crippen LogP contribution in [0.5, 0.6) is 0 Å². The fourth-order valence-corrected chi connectivity index (χ4v) is 1.79. The molecule has 0 aliphatic carbocycles. The second-order valence-electron chi connectivity index (χ2n) is 3.68. The molecule has 0 N–H and O–H groups in total. The number of piperidine rings is 1. The zero-order valence-electron chi connectivity index (χ0n) is 7.98. The van der Waals surface area contributed by atoms with Gasteiger partial charge in [0.1, 0.15) is 5.82 Å². The van der Waals surface area contributed by atoms with Gasteiger partial charge in [-0.1, -0.05) is 0 Å². The third-order valence-corrected chi connectivity index (χ3v) is 2.67. The molecule has 0 amide bonds. The van der Waals surface area contributed by atoms with E-state index < -0.39 is 0 Å². The van der Waals surface area contributed by atoms with Crippen molar-refractivity contribution in [2.24, 2.45) is 0 Å². The zero-order valence-corrected chi connectivity index (χ0v) is 7.98. The monoisotopic (exact) mass is 177 g/mol. The summed E-state index contributed by atoms with van der Waals surface area (Å²) in [4.78, 5) is 11.0. The number of aromatic nitrogens is 2. The molecule has 2 heterocycles. The number of hydrogen-bond acceptors (Lipinski definition) is 3. The molecule has 0 atom stereocenters. The van der Waals surface area contributed by atoms with E-state index in [1.807, 2.05) is 18.5 Å². The third kappa shape index (κ3) is 2.04. The predicted molar refractivity (Wildman–Crippen MR) is 51.5 cm³/mol. The zero-order chi connectivity index (χ0) is 9.10. The maximum atomic E-state index is 4.30. The minimum absolute atomic E-state index is 0.581. The maximum Gasteiger partial charge on any atom is 0.131 e. The van der Waals surface area contributed by atoms with Gasteiger partial charge in [0, 0.05) is 18.3 Å². The summed E-state index contributed by atoms with van der Waals surface area (Å²) in [5.74, 6) is 1.60. The van der Waals surface area contributed by atoms with Gasteiger partial charge in [-0.3, -0.25) is 0 Å². The van der Waals surface area contributed by atoms with E-state index in [0.29, 0.717) is 5.92 Å². The second kappa shape index (κ2) is 3.83. The summed E-state index contributed by atoms with van der Waals surface area (Å²) >= 11 is 0. The fourth-order valence-electron chi connectivity index (χ4n) is 1.79. The van der Waals surface area contributed by atoms with Crippen molar-refractivity contribution in [3.63, 3.8) is 0 Å². The lowest BCUT2D eigenvalue weighted by Crippen LogP contribution is -2.29. The second-order valence-corrected chi connectivity index (χ2v) is 3.68. The third-order valence-electron chi connectivity index (χ3n) is 2.67. The molecule has 1 aliphatic heterocycles. The molecule has 3 heteroatoms. The van der Waals surface area contributed by atoms with Crippen molar-refractivity contribution in [2.75, 3.05) is 20.1 Å². The van der Waals surface area contributed by atoms with E-state index in [2.05, 4.69) is 21.9 Å². The minimum Gasteiger partial charge on any atom is -0.306 e. The normalized spacial score (nSPS) is 20.4. The Bertz CT molecular complexity index is 252. The van der Waals surface area contributed by atoms with Crippen molar-refractivity contribution < 1.29 is 0 Å². The van der Waals surface area contributed by atoms with Gasteiger partial charge in [0.2, 0.25) is 0 Å². The Morgan fingerprint density at radius 2 is 1.85 bits per heavy atom. The van der Waals surface area contributed by atoms with Crippen LogP contribution in [0.2, 0.25) is 0 Å². The van der Waals surface area contributed by atoms with E-state index in [0.717, 1.165) is 5.82 Å². The van der Waals surface area contributed by atoms with E-state index in [1.165, 1.54) is 25.9 Å². The van der Waals surface area contributed by atoms with Gasteiger partial charge in [-0.25, -0.2) is 9.97 Å². The van der Waals surface area contributed by atoms with Gasteiger partial charge in [0.25, 0.3) is 0 Å². The van der Waals surface area contributed by atoms with Crippen LogP contribution in [-0.2, 0) is 0 Å². The Morgan fingerprint density at radius 1 is 1.23 bits per heavy atom. The quantitative estimate of drug-likeness (QED) is 0.647. The smallest absolute Gasteiger partial charge is 0.131 e. The molecule has 0 aromatic carbocycles. The molecule has 1 fully saturated rings. The first-order chi connectivity index (χ1) is 6.36. The number of likely N-dealkylation sites (tertiary alicyclic amines) is 1. The van der Waals surface area contributed by atoms with E-state index in [4.69, 9.17) is 0 Å². The summed E-state index contributed by atoms with van der Waals surface area (Å²) in [5, 5.41) is 0.